The van der Waals surface area contributed by atoms with Crippen LogP contribution in [0.3, 0.4) is 0 Å². The van der Waals surface area contributed by atoms with Gasteiger partial charge in [0.15, 0.2) is 17.2 Å². The molecule has 0 saturated heterocycles. The van der Waals surface area contributed by atoms with E-state index in [2.05, 4.69) is 18.8 Å². The zero-order chi connectivity index (χ0) is 19.4. The standard InChI is InChI=1S/C21H20ClNO4/c1-13(2)12-26-18-9-8-14(11-19(18)25-3)10-17-21(24)27-20(23-17)15-6-4-5-7-16(15)22/h4-11,13H,12H2,1-3H3/b17-10-. The van der Waals surface area contributed by atoms with E-state index in [1.54, 1.807) is 43.5 Å². The van der Waals surface area contributed by atoms with Crippen molar-refractivity contribution < 1.29 is 19.0 Å². The molecule has 0 N–H and O–H groups in total. The van der Waals surface area contributed by atoms with Gasteiger partial charge in [-0.25, -0.2) is 9.79 Å². The topological polar surface area (TPSA) is 57.1 Å². The third-order valence-corrected chi connectivity index (χ3v) is 4.12. The summed E-state index contributed by atoms with van der Waals surface area (Å²) in [5.41, 5.74) is 1.52. The molecule has 0 amide bonds. The number of hydrogen-bond acceptors (Lipinski definition) is 5. The second kappa shape index (κ2) is 8.27. The van der Waals surface area contributed by atoms with E-state index >= 15 is 0 Å². The average molecular weight is 386 g/mol. The molecule has 0 fully saturated rings. The molecule has 5 nitrogen and oxygen atoms in total. The molecule has 1 aliphatic rings. The zero-order valence-corrected chi connectivity index (χ0v) is 16.1. The van der Waals surface area contributed by atoms with Gasteiger partial charge in [0.1, 0.15) is 0 Å². The van der Waals surface area contributed by atoms with Crippen molar-refractivity contribution in [2.45, 2.75) is 13.8 Å². The van der Waals surface area contributed by atoms with Crippen LogP contribution in [0.2, 0.25) is 5.02 Å². The summed E-state index contributed by atoms with van der Waals surface area (Å²) < 4.78 is 16.4. The molecule has 0 atom stereocenters. The summed E-state index contributed by atoms with van der Waals surface area (Å²) in [5.74, 6) is 1.32. The Morgan fingerprint density at radius 1 is 1.19 bits per heavy atom. The van der Waals surface area contributed by atoms with Gasteiger partial charge in [-0.1, -0.05) is 43.6 Å². The van der Waals surface area contributed by atoms with E-state index in [0.717, 1.165) is 5.56 Å². The number of benzene rings is 2. The number of rotatable bonds is 6. The van der Waals surface area contributed by atoms with Crippen LogP contribution in [0.1, 0.15) is 25.0 Å². The summed E-state index contributed by atoms with van der Waals surface area (Å²) in [6.07, 6.45) is 1.64. The maximum atomic E-state index is 12.2. The number of nitrogens with zero attached hydrogens (tertiary/aromatic N) is 1. The van der Waals surface area contributed by atoms with Gasteiger partial charge in [-0.2, -0.15) is 0 Å². The molecule has 0 bridgehead atoms. The molecule has 0 radical (unpaired) electrons. The van der Waals surface area contributed by atoms with Gasteiger partial charge in [0.25, 0.3) is 0 Å². The summed E-state index contributed by atoms with van der Waals surface area (Å²) >= 11 is 6.15. The lowest BCUT2D eigenvalue weighted by molar-refractivity contribution is -0.129. The maximum absolute atomic E-state index is 12.2. The number of carbonyl (C=O) groups excluding carboxylic acids is 1. The lowest BCUT2D eigenvalue weighted by Gasteiger charge is -2.12. The largest absolute Gasteiger partial charge is 0.493 e. The van der Waals surface area contributed by atoms with Crippen molar-refractivity contribution >= 4 is 29.5 Å². The molecule has 0 saturated carbocycles. The Morgan fingerprint density at radius 2 is 1.96 bits per heavy atom. The number of esters is 1. The summed E-state index contributed by atoms with van der Waals surface area (Å²) in [5, 5.41) is 0.471. The second-order valence-electron chi connectivity index (χ2n) is 6.43. The summed E-state index contributed by atoms with van der Waals surface area (Å²) in [4.78, 5) is 16.5. The maximum Gasteiger partial charge on any atom is 0.363 e. The molecule has 0 aliphatic carbocycles. The number of carbonyl (C=O) groups is 1. The van der Waals surface area contributed by atoms with Gasteiger partial charge < -0.3 is 14.2 Å². The molecule has 0 unspecified atom stereocenters. The first-order valence-electron chi connectivity index (χ1n) is 8.56. The number of methoxy groups -OCH3 is 1. The number of halogens is 1. The minimum Gasteiger partial charge on any atom is -0.493 e. The van der Waals surface area contributed by atoms with Crippen LogP contribution >= 0.6 is 11.6 Å². The number of ether oxygens (including phenoxy) is 3. The zero-order valence-electron chi connectivity index (χ0n) is 15.4. The summed E-state index contributed by atoms with van der Waals surface area (Å²) in [6.45, 7) is 4.74. The molecule has 0 spiro atoms. The fraction of sp³-hybridized carbons (Fsp3) is 0.238. The van der Waals surface area contributed by atoms with Crippen molar-refractivity contribution in [1.82, 2.24) is 0 Å². The number of hydrogen-bond donors (Lipinski definition) is 0. The van der Waals surface area contributed by atoms with Crippen LogP contribution < -0.4 is 9.47 Å². The van der Waals surface area contributed by atoms with E-state index in [-0.39, 0.29) is 11.6 Å². The van der Waals surface area contributed by atoms with Crippen LogP contribution in [0, 0.1) is 5.92 Å². The van der Waals surface area contributed by atoms with Gasteiger partial charge in [-0.05, 0) is 41.8 Å². The Morgan fingerprint density at radius 3 is 2.67 bits per heavy atom. The highest BCUT2D eigenvalue weighted by Crippen LogP contribution is 2.30. The number of aliphatic imine (C=N–C) groups is 1. The predicted octanol–water partition coefficient (Wildman–Crippen LogP) is 4.73. The van der Waals surface area contributed by atoms with Gasteiger partial charge in [-0.3, -0.25) is 0 Å². The Bertz CT molecular complexity index is 918. The SMILES string of the molecule is COc1cc(/C=C2\N=C(c3ccccc3Cl)OC2=O)ccc1OCC(C)C. The lowest BCUT2D eigenvalue weighted by atomic mass is 10.1. The quantitative estimate of drug-likeness (QED) is 0.533. The van der Waals surface area contributed by atoms with Crippen LogP contribution in [-0.2, 0) is 9.53 Å². The van der Waals surface area contributed by atoms with E-state index in [1.165, 1.54) is 0 Å². The molecule has 1 aliphatic heterocycles. The first kappa shape index (κ1) is 19.0. The van der Waals surface area contributed by atoms with E-state index in [9.17, 15) is 4.79 Å². The molecule has 3 rings (SSSR count). The molecular weight excluding hydrogens is 366 g/mol. The second-order valence-corrected chi connectivity index (χ2v) is 6.84. The van der Waals surface area contributed by atoms with E-state index in [4.69, 9.17) is 25.8 Å². The Balaban J connectivity index is 1.87. The van der Waals surface area contributed by atoms with Crippen molar-refractivity contribution in [3.05, 3.63) is 64.3 Å². The monoisotopic (exact) mass is 385 g/mol. The lowest BCUT2D eigenvalue weighted by Crippen LogP contribution is -2.06. The van der Waals surface area contributed by atoms with Crippen molar-refractivity contribution in [2.24, 2.45) is 10.9 Å². The smallest absolute Gasteiger partial charge is 0.363 e. The molecular formula is C21H20ClNO4. The van der Waals surface area contributed by atoms with Crippen molar-refractivity contribution in [3.8, 4) is 11.5 Å². The predicted molar refractivity (Wildman–Crippen MR) is 105 cm³/mol. The molecule has 0 aromatic heterocycles. The normalized spacial score (nSPS) is 15.1. The van der Waals surface area contributed by atoms with E-state index < -0.39 is 5.97 Å². The highest BCUT2D eigenvalue weighted by molar-refractivity contribution is 6.34. The van der Waals surface area contributed by atoms with E-state index in [1.807, 2.05) is 12.1 Å². The van der Waals surface area contributed by atoms with Crippen LogP contribution in [-0.4, -0.2) is 25.6 Å². The van der Waals surface area contributed by atoms with Crippen LogP contribution in [0.4, 0.5) is 0 Å². The summed E-state index contributed by atoms with van der Waals surface area (Å²) in [7, 11) is 1.58. The first-order chi connectivity index (χ1) is 13.0. The third kappa shape index (κ3) is 4.49. The van der Waals surface area contributed by atoms with Crippen molar-refractivity contribution in [1.29, 1.82) is 0 Å². The fourth-order valence-electron chi connectivity index (χ4n) is 2.47. The highest BCUT2D eigenvalue weighted by Gasteiger charge is 2.25. The average Bonchev–Trinajstić information content (AvgIpc) is 3.01. The third-order valence-electron chi connectivity index (χ3n) is 3.79. The Kier molecular flexibility index (Phi) is 5.81. The van der Waals surface area contributed by atoms with Gasteiger partial charge in [-0.15, -0.1) is 0 Å². The Hall–Kier alpha value is -2.79. The van der Waals surface area contributed by atoms with Gasteiger partial charge in [0.2, 0.25) is 5.90 Å². The molecule has 1 heterocycles. The molecule has 2 aromatic rings. The molecule has 6 heteroatoms. The first-order valence-corrected chi connectivity index (χ1v) is 8.94. The van der Waals surface area contributed by atoms with Gasteiger partial charge >= 0.3 is 5.97 Å². The minimum atomic E-state index is -0.524. The van der Waals surface area contributed by atoms with Crippen LogP contribution in [0.15, 0.2) is 53.2 Å². The van der Waals surface area contributed by atoms with E-state index in [0.29, 0.717) is 34.6 Å². The van der Waals surface area contributed by atoms with Gasteiger partial charge in [0.05, 0.1) is 24.3 Å². The Labute approximate surface area is 163 Å². The molecule has 27 heavy (non-hydrogen) atoms. The molecule has 140 valence electrons. The fourth-order valence-corrected chi connectivity index (χ4v) is 2.68. The highest BCUT2D eigenvalue weighted by atomic mass is 35.5. The van der Waals surface area contributed by atoms with Crippen LogP contribution in [0.5, 0.6) is 11.5 Å². The van der Waals surface area contributed by atoms with Crippen molar-refractivity contribution in [2.75, 3.05) is 13.7 Å². The number of cyclic esters (lactones) is 1. The summed E-state index contributed by atoms with van der Waals surface area (Å²) in [6, 6.07) is 12.5. The minimum absolute atomic E-state index is 0.195. The van der Waals surface area contributed by atoms with Crippen molar-refractivity contribution in [3.63, 3.8) is 0 Å². The van der Waals surface area contributed by atoms with Crippen LogP contribution in [0.25, 0.3) is 6.08 Å². The molecule has 2 aromatic carbocycles. The van der Waals surface area contributed by atoms with Gasteiger partial charge in [0, 0.05) is 0 Å².